The molecule has 0 aliphatic carbocycles. The third-order valence-corrected chi connectivity index (χ3v) is 3.47. The topological polar surface area (TPSA) is 91.6 Å². The van der Waals surface area contributed by atoms with Gasteiger partial charge in [0, 0.05) is 12.0 Å². The Bertz CT molecular complexity index is 729. The number of amides is 2. The summed E-state index contributed by atoms with van der Waals surface area (Å²) in [5, 5.41) is 14.4. The monoisotopic (exact) mass is 348 g/mol. The molecule has 7 heteroatoms. The summed E-state index contributed by atoms with van der Waals surface area (Å²) in [6.07, 6.45) is 1.71. The maximum absolute atomic E-state index is 14.1. The highest BCUT2D eigenvalue weighted by atomic mass is 19.1. The highest BCUT2D eigenvalue weighted by Crippen LogP contribution is 2.18. The molecule has 0 radical (unpaired) electrons. The third-order valence-electron chi connectivity index (χ3n) is 3.47. The molecule has 134 valence electrons. The lowest BCUT2D eigenvalue weighted by molar-refractivity contribution is -0.116. The van der Waals surface area contributed by atoms with E-state index in [1.54, 1.807) is 12.1 Å². The standard InChI is InChI=1S/C18H21FN2O4/c1-11(2)8-17(23)20-14-6-5-12(9-13(14)19)18(24)21-15(10-22)16-4-3-7-25-16/h3-7,9,11,15,22H,8,10H2,1-2H3,(H,20,23)(H,21,24). The van der Waals surface area contributed by atoms with Gasteiger partial charge in [-0.2, -0.15) is 0 Å². The lowest BCUT2D eigenvalue weighted by Gasteiger charge is -2.14. The molecule has 1 unspecified atom stereocenters. The van der Waals surface area contributed by atoms with E-state index in [1.807, 2.05) is 13.8 Å². The van der Waals surface area contributed by atoms with E-state index >= 15 is 0 Å². The average molecular weight is 348 g/mol. The summed E-state index contributed by atoms with van der Waals surface area (Å²) in [6.45, 7) is 3.42. The Morgan fingerprint density at radius 1 is 1.28 bits per heavy atom. The molecular weight excluding hydrogens is 327 g/mol. The van der Waals surface area contributed by atoms with Crippen molar-refractivity contribution in [1.29, 1.82) is 0 Å². The number of hydrogen-bond donors (Lipinski definition) is 3. The fraction of sp³-hybridized carbons (Fsp3) is 0.333. The molecule has 0 aliphatic heterocycles. The Kier molecular flexibility index (Phi) is 6.30. The second kappa shape index (κ2) is 8.43. The molecule has 0 spiro atoms. The summed E-state index contributed by atoms with van der Waals surface area (Å²) in [7, 11) is 0. The van der Waals surface area contributed by atoms with Crippen LogP contribution in [0.2, 0.25) is 0 Å². The molecule has 1 heterocycles. The van der Waals surface area contributed by atoms with Crippen LogP contribution in [0.4, 0.5) is 10.1 Å². The molecule has 0 bridgehead atoms. The smallest absolute Gasteiger partial charge is 0.252 e. The van der Waals surface area contributed by atoms with E-state index in [4.69, 9.17) is 4.42 Å². The highest BCUT2D eigenvalue weighted by Gasteiger charge is 2.18. The summed E-state index contributed by atoms with van der Waals surface area (Å²) >= 11 is 0. The Morgan fingerprint density at radius 3 is 2.60 bits per heavy atom. The van der Waals surface area contributed by atoms with Gasteiger partial charge in [0.25, 0.3) is 5.91 Å². The molecule has 0 saturated carbocycles. The first-order valence-corrected chi connectivity index (χ1v) is 7.95. The summed E-state index contributed by atoms with van der Waals surface area (Å²) < 4.78 is 19.3. The molecule has 2 aromatic rings. The summed E-state index contributed by atoms with van der Waals surface area (Å²) in [6, 6.07) is 6.31. The zero-order valence-corrected chi connectivity index (χ0v) is 14.1. The molecule has 0 saturated heterocycles. The van der Waals surface area contributed by atoms with Crippen molar-refractivity contribution in [3.05, 3.63) is 53.7 Å². The van der Waals surface area contributed by atoms with Crippen LogP contribution < -0.4 is 10.6 Å². The van der Waals surface area contributed by atoms with Crippen LogP contribution in [0.5, 0.6) is 0 Å². The van der Waals surface area contributed by atoms with E-state index in [0.717, 1.165) is 6.07 Å². The lowest BCUT2D eigenvalue weighted by Crippen LogP contribution is -2.30. The number of benzene rings is 1. The number of carbonyl (C=O) groups is 2. The number of carbonyl (C=O) groups excluding carboxylic acids is 2. The van der Waals surface area contributed by atoms with Crippen LogP contribution >= 0.6 is 0 Å². The van der Waals surface area contributed by atoms with Gasteiger partial charge < -0.3 is 20.2 Å². The minimum absolute atomic E-state index is 0.0203. The number of rotatable bonds is 7. The van der Waals surface area contributed by atoms with Crippen LogP contribution in [-0.4, -0.2) is 23.5 Å². The molecule has 25 heavy (non-hydrogen) atoms. The predicted octanol–water partition coefficient (Wildman–Crippen LogP) is 2.87. The maximum atomic E-state index is 14.1. The van der Waals surface area contributed by atoms with Gasteiger partial charge in [-0.05, 0) is 36.2 Å². The van der Waals surface area contributed by atoms with E-state index in [1.165, 1.54) is 18.4 Å². The Morgan fingerprint density at radius 2 is 2.04 bits per heavy atom. The predicted molar refractivity (Wildman–Crippen MR) is 90.5 cm³/mol. The quantitative estimate of drug-likeness (QED) is 0.717. The zero-order valence-electron chi connectivity index (χ0n) is 14.1. The van der Waals surface area contributed by atoms with Crippen molar-refractivity contribution in [2.45, 2.75) is 26.3 Å². The van der Waals surface area contributed by atoms with Gasteiger partial charge >= 0.3 is 0 Å². The van der Waals surface area contributed by atoms with Crippen LogP contribution in [0.1, 0.15) is 42.4 Å². The molecule has 1 atom stereocenters. The lowest BCUT2D eigenvalue weighted by atomic mass is 10.1. The first kappa shape index (κ1) is 18.7. The molecule has 2 amide bonds. The summed E-state index contributed by atoms with van der Waals surface area (Å²) in [4.78, 5) is 23.9. The second-order valence-corrected chi connectivity index (χ2v) is 6.06. The Balaban J connectivity index is 2.06. The van der Waals surface area contributed by atoms with Crippen molar-refractivity contribution >= 4 is 17.5 Å². The summed E-state index contributed by atoms with van der Waals surface area (Å²) in [5.74, 6) is -0.999. The number of furan rings is 1. The van der Waals surface area contributed by atoms with Gasteiger partial charge in [0.05, 0.1) is 18.6 Å². The molecule has 1 aromatic heterocycles. The number of aliphatic hydroxyl groups is 1. The number of aliphatic hydroxyl groups excluding tert-OH is 1. The van der Waals surface area contributed by atoms with Crippen molar-refractivity contribution in [1.82, 2.24) is 5.32 Å². The fourth-order valence-electron chi connectivity index (χ4n) is 2.27. The first-order chi connectivity index (χ1) is 11.9. The molecule has 6 nitrogen and oxygen atoms in total. The first-order valence-electron chi connectivity index (χ1n) is 7.95. The van der Waals surface area contributed by atoms with E-state index < -0.39 is 17.8 Å². The third kappa shape index (κ3) is 5.15. The fourth-order valence-corrected chi connectivity index (χ4v) is 2.27. The molecule has 2 rings (SSSR count). The van der Waals surface area contributed by atoms with Gasteiger partial charge in [0.1, 0.15) is 17.6 Å². The van der Waals surface area contributed by atoms with Crippen LogP contribution in [0, 0.1) is 11.7 Å². The Labute approximate surface area is 145 Å². The van der Waals surface area contributed by atoms with Gasteiger partial charge in [-0.1, -0.05) is 13.8 Å². The van der Waals surface area contributed by atoms with Crippen LogP contribution in [0.3, 0.4) is 0 Å². The number of nitrogens with one attached hydrogen (secondary N) is 2. The molecular formula is C18H21FN2O4. The maximum Gasteiger partial charge on any atom is 0.252 e. The molecule has 1 aromatic carbocycles. The molecule has 3 N–H and O–H groups in total. The van der Waals surface area contributed by atoms with Crippen LogP contribution in [0.15, 0.2) is 41.0 Å². The molecule has 0 aliphatic rings. The minimum atomic E-state index is -0.726. The molecule has 0 fully saturated rings. The SMILES string of the molecule is CC(C)CC(=O)Nc1ccc(C(=O)NC(CO)c2ccco2)cc1F. The zero-order chi connectivity index (χ0) is 18.4. The van der Waals surface area contributed by atoms with Gasteiger partial charge in [-0.15, -0.1) is 0 Å². The average Bonchev–Trinajstić information content (AvgIpc) is 3.07. The minimum Gasteiger partial charge on any atom is -0.467 e. The van der Waals surface area contributed by atoms with Gasteiger partial charge in [0.15, 0.2) is 0 Å². The Hall–Kier alpha value is -2.67. The number of anilines is 1. The largest absolute Gasteiger partial charge is 0.467 e. The van der Waals surface area contributed by atoms with Crippen molar-refractivity contribution in [2.24, 2.45) is 5.92 Å². The number of halogens is 1. The van der Waals surface area contributed by atoms with E-state index in [-0.39, 0.29) is 36.1 Å². The van der Waals surface area contributed by atoms with Gasteiger partial charge in [-0.25, -0.2) is 4.39 Å². The summed E-state index contributed by atoms with van der Waals surface area (Å²) in [5.41, 5.74) is 0.0938. The highest BCUT2D eigenvalue weighted by molar-refractivity contribution is 5.96. The van der Waals surface area contributed by atoms with Crippen molar-refractivity contribution in [3.63, 3.8) is 0 Å². The second-order valence-electron chi connectivity index (χ2n) is 6.06. The van der Waals surface area contributed by atoms with Crippen molar-refractivity contribution in [3.8, 4) is 0 Å². The van der Waals surface area contributed by atoms with E-state index in [0.29, 0.717) is 5.76 Å². The van der Waals surface area contributed by atoms with Crippen LogP contribution in [0.25, 0.3) is 0 Å². The van der Waals surface area contributed by atoms with E-state index in [2.05, 4.69) is 10.6 Å². The van der Waals surface area contributed by atoms with Gasteiger partial charge in [-0.3, -0.25) is 9.59 Å². The normalized spacial score (nSPS) is 12.0. The van der Waals surface area contributed by atoms with Crippen molar-refractivity contribution in [2.75, 3.05) is 11.9 Å². The van der Waals surface area contributed by atoms with Crippen LogP contribution in [-0.2, 0) is 4.79 Å². The number of hydrogen-bond acceptors (Lipinski definition) is 4. The van der Waals surface area contributed by atoms with Gasteiger partial charge in [0.2, 0.25) is 5.91 Å². The van der Waals surface area contributed by atoms with Crippen molar-refractivity contribution < 1.29 is 23.5 Å². The van der Waals surface area contributed by atoms with E-state index in [9.17, 15) is 19.1 Å².